The molecular weight excluding hydrogens is 251 g/mol. The van der Waals surface area contributed by atoms with Gasteiger partial charge in [-0.25, -0.2) is 0 Å². The van der Waals surface area contributed by atoms with Crippen molar-refractivity contribution in [2.75, 3.05) is 13.2 Å². The molecule has 2 N–H and O–H groups in total. The van der Waals surface area contributed by atoms with E-state index in [0.717, 1.165) is 12.8 Å². The molecule has 2 fully saturated rings. The van der Waals surface area contributed by atoms with Crippen molar-refractivity contribution in [3.63, 3.8) is 0 Å². The average molecular weight is 269 g/mol. The molecule has 0 radical (unpaired) electrons. The van der Waals surface area contributed by atoms with Gasteiger partial charge in [-0.2, -0.15) is 0 Å². The van der Waals surface area contributed by atoms with E-state index in [1.54, 1.807) is 0 Å². The highest BCUT2D eigenvalue weighted by atomic mass is 19.4. The number of nitrogens with two attached hydrogens (primary N) is 1. The van der Waals surface area contributed by atoms with Crippen LogP contribution in [0.4, 0.5) is 13.2 Å². The number of rotatable bonds is 6. The molecule has 0 atom stereocenters. The first kappa shape index (κ1) is 14.0. The molecule has 4 nitrogen and oxygen atoms in total. The lowest BCUT2D eigenvalue weighted by atomic mass is 9.90. The smallest absolute Gasteiger partial charge is 0.376 e. The van der Waals surface area contributed by atoms with Gasteiger partial charge in [0, 0.05) is 18.9 Å². The Labute approximate surface area is 104 Å². The molecule has 2 saturated carbocycles. The minimum absolute atomic E-state index is 0.135. The number of halogens is 3. The van der Waals surface area contributed by atoms with E-state index in [4.69, 9.17) is 15.2 Å². The van der Waals surface area contributed by atoms with Gasteiger partial charge in [-0.15, -0.1) is 13.2 Å². The molecule has 0 heterocycles. The molecule has 0 aliphatic heterocycles. The van der Waals surface area contributed by atoms with Crippen LogP contribution in [0, 0.1) is 0 Å². The topological polar surface area (TPSA) is 53.7 Å². The van der Waals surface area contributed by atoms with Gasteiger partial charge in [-0.3, -0.25) is 4.74 Å². The number of alkyl halides is 3. The van der Waals surface area contributed by atoms with Gasteiger partial charge in [0.1, 0.15) is 0 Å². The summed E-state index contributed by atoms with van der Waals surface area (Å²) in [5.74, 6) is 0. The van der Waals surface area contributed by atoms with Crippen LogP contribution in [-0.2, 0) is 14.2 Å². The summed E-state index contributed by atoms with van der Waals surface area (Å²) in [6, 6.07) is 0.253. The highest BCUT2D eigenvalue weighted by molar-refractivity contribution is 4.83. The first-order valence-corrected chi connectivity index (χ1v) is 6.15. The van der Waals surface area contributed by atoms with Crippen molar-refractivity contribution < 1.29 is 27.4 Å². The number of hydrogen-bond acceptors (Lipinski definition) is 4. The van der Waals surface area contributed by atoms with E-state index in [1.807, 2.05) is 0 Å². The van der Waals surface area contributed by atoms with E-state index in [-0.39, 0.29) is 18.2 Å². The highest BCUT2D eigenvalue weighted by Gasteiger charge is 2.40. The van der Waals surface area contributed by atoms with Crippen molar-refractivity contribution in [3.8, 4) is 0 Å². The molecular formula is C11H18F3NO3. The maximum absolute atomic E-state index is 11.8. The van der Waals surface area contributed by atoms with Crippen LogP contribution >= 0.6 is 0 Å². The molecule has 18 heavy (non-hydrogen) atoms. The molecule has 0 aromatic heterocycles. The molecule has 2 rings (SSSR count). The quantitative estimate of drug-likeness (QED) is 0.744. The Morgan fingerprint density at radius 2 is 1.39 bits per heavy atom. The van der Waals surface area contributed by atoms with Gasteiger partial charge >= 0.3 is 6.36 Å². The molecule has 0 bridgehead atoms. The Hall–Kier alpha value is -0.370. The number of hydrogen-bond donors (Lipinski definition) is 1. The average Bonchev–Trinajstić information content (AvgIpc) is 2.14. The predicted octanol–water partition coefficient (Wildman–Crippen LogP) is 1.58. The van der Waals surface area contributed by atoms with Crippen LogP contribution in [0.15, 0.2) is 0 Å². The van der Waals surface area contributed by atoms with Gasteiger partial charge in [-0.1, -0.05) is 0 Å². The Morgan fingerprint density at radius 3 is 1.83 bits per heavy atom. The molecule has 0 unspecified atom stereocenters. The lowest BCUT2D eigenvalue weighted by molar-refractivity contribution is -0.357. The second-order valence-electron chi connectivity index (χ2n) is 4.87. The molecule has 2 aliphatic rings. The summed E-state index contributed by atoms with van der Waals surface area (Å²) >= 11 is 0. The lowest BCUT2D eigenvalue weighted by Gasteiger charge is -2.35. The molecule has 2 aliphatic carbocycles. The summed E-state index contributed by atoms with van der Waals surface area (Å²) in [6.07, 6.45) is -2.84. The summed E-state index contributed by atoms with van der Waals surface area (Å²) in [5.41, 5.74) is 5.60. The van der Waals surface area contributed by atoms with Crippen molar-refractivity contribution in [1.29, 1.82) is 0 Å². The van der Waals surface area contributed by atoms with Gasteiger partial charge in [0.05, 0.1) is 31.5 Å². The van der Waals surface area contributed by atoms with Gasteiger partial charge in [0.25, 0.3) is 0 Å². The molecule has 0 aromatic rings. The maximum Gasteiger partial charge on any atom is 0.522 e. The zero-order valence-electron chi connectivity index (χ0n) is 9.99. The Kier molecular flexibility index (Phi) is 4.47. The second-order valence-corrected chi connectivity index (χ2v) is 4.87. The van der Waals surface area contributed by atoms with Gasteiger partial charge in [-0.05, 0) is 12.8 Å². The molecule has 7 heteroatoms. The van der Waals surface area contributed by atoms with Gasteiger partial charge in [0.15, 0.2) is 0 Å². The van der Waals surface area contributed by atoms with Crippen molar-refractivity contribution in [1.82, 2.24) is 0 Å². The third-order valence-corrected chi connectivity index (χ3v) is 3.27. The van der Waals surface area contributed by atoms with Crippen LogP contribution in [0.1, 0.15) is 25.7 Å². The van der Waals surface area contributed by atoms with Crippen molar-refractivity contribution >= 4 is 0 Å². The molecule has 106 valence electrons. The van der Waals surface area contributed by atoms with Crippen molar-refractivity contribution in [2.45, 2.75) is 56.4 Å². The van der Waals surface area contributed by atoms with Crippen LogP contribution in [0.3, 0.4) is 0 Å². The lowest BCUT2D eigenvalue weighted by Crippen LogP contribution is -2.43. The van der Waals surface area contributed by atoms with Crippen LogP contribution in [0.2, 0.25) is 0 Å². The monoisotopic (exact) mass is 269 g/mol. The van der Waals surface area contributed by atoms with E-state index in [2.05, 4.69) is 4.74 Å². The first-order chi connectivity index (χ1) is 8.42. The highest BCUT2D eigenvalue weighted by Crippen LogP contribution is 2.32. The van der Waals surface area contributed by atoms with Crippen molar-refractivity contribution in [3.05, 3.63) is 0 Å². The van der Waals surface area contributed by atoms with E-state index in [1.165, 1.54) is 0 Å². The van der Waals surface area contributed by atoms with Crippen LogP contribution in [-0.4, -0.2) is 43.9 Å². The summed E-state index contributed by atoms with van der Waals surface area (Å²) in [6.45, 7) is 0.883. The minimum Gasteiger partial charge on any atom is -0.376 e. The molecule has 0 aromatic carbocycles. The minimum atomic E-state index is -4.54. The van der Waals surface area contributed by atoms with Crippen LogP contribution < -0.4 is 5.73 Å². The van der Waals surface area contributed by atoms with Crippen LogP contribution in [0.5, 0.6) is 0 Å². The zero-order valence-corrected chi connectivity index (χ0v) is 9.99. The fourth-order valence-corrected chi connectivity index (χ4v) is 2.11. The summed E-state index contributed by atoms with van der Waals surface area (Å²) < 4.78 is 50.2. The van der Waals surface area contributed by atoms with E-state index in [0.29, 0.717) is 26.1 Å². The number of ether oxygens (including phenoxy) is 3. The van der Waals surface area contributed by atoms with E-state index >= 15 is 0 Å². The van der Waals surface area contributed by atoms with Crippen molar-refractivity contribution in [2.24, 2.45) is 5.73 Å². The predicted molar refractivity (Wildman–Crippen MR) is 56.9 cm³/mol. The summed E-state index contributed by atoms with van der Waals surface area (Å²) in [5, 5.41) is 0. The molecule has 0 spiro atoms. The van der Waals surface area contributed by atoms with Gasteiger partial charge < -0.3 is 15.2 Å². The summed E-state index contributed by atoms with van der Waals surface area (Å²) in [7, 11) is 0. The zero-order chi connectivity index (χ0) is 13.2. The fourth-order valence-electron chi connectivity index (χ4n) is 2.11. The van der Waals surface area contributed by atoms with Crippen LogP contribution in [0.25, 0.3) is 0 Å². The first-order valence-electron chi connectivity index (χ1n) is 6.15. The Bertz CT molecular complexity index is 263. The van der Waals surface area contributed by atoms with E-state index in [9.17, 15) is 13.2 Å². The fraction of sp³-hybridized carbons (Fsp3) is 1.00. The maximum atomic E-state index is 11.8. The third kappa shape index (κ3) is 4.38. The normalized spacial score (nSPS) is 36.0. The molecule has 0 saturated heterocycles. The Morgan fingerprint density at radius 1 is 0.889 bits per heavy atom. The summed E-state index contributed by atoms with van der Waals surface area (Å²) in [4.78, 5) is 0. The van der Waals surface area contributed by atoms with E-state index < -0.39 is 12.5 Å². The Balaban J connectivity index is 1.43. The second kappa shape index (κ2) is 5.73. The largest absolute Gasteiger partial charge is 0.522 e. The third-order valence-electron chi connectivity index (χ3n) is 3.27. The van der Waals surface area contributed by atoms with Gasteiger partial charge in [0.2, 0.25) is 0 Å². The standard InChI is InChI=1S/C11H18F3NO3/c12-11(13,14)18-10-5-9(6-10)17-2-1-16-8-3-7(15)4-8/h7-10H,1-6,15H2. The SMILES string of the molecule is NC1CC(OCCOC2CC(OC(F)(F)F)C2)C1. The molecule has 0 amide bonds.